The number of carbonyl (C=O) groups excluding carboxylic acids is 1. The molecule has 5 nitrogen and oxygen atoms in total. The zero-order valence-electron chi connectivity index (χ0n) is 14.6. The van der Waals surface area contributed by atoms with Crippen molar-refractivity contribution in [2.75, 3.05) is 13.7 Å². The Morgan fingerprint density at radius 3 is 2.56 bits per heavy atom. The summed E-state index contributed by atoms with van der Waals surface area (Å²) in [6.07, 6.45) is 0.703. The highest BCUT2D eigenvalue weighted by molar-refractivity contribution is 5.77. The Morgan fingerprint density at radius 1 is 1.16 bits per heavy atom. The van der Waals surface area contributed by atoms with E-state index in [2.05, 4.69) is 5.32 Å². The van der Waals surface area contributed by atoms with Gasteiger partial charge < -0.3 is 14.6 Å². The first-order valence-electron chi connectivity index (χ1n) is 8.39. The number of nitrogens with one attached hydrogen (secondary N) is 1. The van der Waals surface area contributed by atoms with Crippen molar-refractivity contribution in [1.29, 1.82) is 0 Å². The Bertz CT molecular complexity index is 656. The van der Waals surface area contributed by atoms with Crippen LogP contribution >= 0.6 is 0 Å². The summed E-state index contributed by atoms with van der Waals surface area (Å²) in [7, 11) is 1.35. The van der Waals surface area contributed by atoms with Crippen molar-refractivity contribution in [3.8, 4) is 5.75 Å². The molecule has 0 aliphatic carbocycles. The van der Waals surface area contributed by atoms with Gasteiger partial charge in [0.05, 0.1) is 13.7 Å². The van der Waals surface area contributed by atoms with E-state index in [1.807, 2.05) is 61.5 Å². The molecule has 0 heterocycles. The van der Waals surface area contributed by atoms with Crippen LogP contribution in [0, 0.1) is 0 Å². The Kier molecular flexibility index (Phi) is 7.44. The van der Waals surface area contributed by atoms with Crippen LogP contribution in [0.25, 0.3) is 0 Å². The van der Waals surface area contributed by atoms with Gasteiger partial charge in [0, 0.05) is 6.04 Å². The number of benzene rings is 2. The van der Waals surface area contributed by atoms with Gasteiger partial charge in [-0.2, -0.15) is 0 Å². The lowest BCUT2D eigenvalue weighted by molar-refractivity contribution is -0.143. The zero-order valence-corrected chi connectivity index (χ0v) is 14.6. The van der Waals surface area contributed by atoms with Crippen LogP contribution in [-0.4, -0.2) is 30.8 Å². The van der Waals surface area contributed by atoms with Crippen molar-refractivity contribution in [3.05, 3.63) is 65.7 Å². The summed E-state index contributed by atoms with van der Waals surface area (Å²) in [5.74, 6) is 0.279. The monoisotopic (exact) mass is 343 g/mol. The van der Waals surface area contributed by atoms with Crippen molar-refractivity contribution in [3.63, 3.8) is 0 Å². The van der Waals surface area contributed by atoms with Gasteiger partial charge in [0.1, 0.15) is 18.4 Å². The van der Waals surface area contributed by atoms with Gasteiger partial charge >= 0.3 is 5.97 Å². The highest BCUT2D eigenvalue weighted by Gasteiger charge is 2.24. The minimum absolute atomic E-state index is 0.0474. The van der Waals surface area contributed by atoms with Crippen LogP contribution in [0.3, 0.4) is 0 Å². The second-order valence-electron chi connectivity index (χ2n) is 5.76. The number of esters is 1. The zero-order chi connectivity index (χ0) is 18.1. The molecule has 2 atom stereocenters. The van der Waals surface area contributed by atoms with Gasteiger partial charge in [-0.15, -0.1) is 0 Å². The molecule has 0 bridgehead atoms. The summed E-state index contributed by atoms with van der Waals surface area (Å²) in [6, 6.07) is 16.4. The van der Waals surface area contributed by atoms with Gasteiger partial charge in [0.15, 0.2) is 0 Å². The van der Waals surface area contributed by atoms with Crippen molar-refractivity contribution in [2.24, 2.45) is 0 Å². The molecule has 0 fully saturated rings. The Labute approximate surface area is 148 Å². The summed E-state index contributed by atoms with van der Waals surface area (Å²) in [5, 5.41) is 12.5. The fourth-order valence-corrected chi connectivity index (χ4v) is 2.48. The van der Waals surface area contributed by atoms with Gasteiger partial charge in [0.2, 0.25) is 0 Å². The minimum atomic E-state index is -0.651. The van der Waals surface area contributed by atoms with E-state index < -0.39 is 12.0 Å². The summed E-state index contributed by atoms with van der Waals surface area (Å²) < 4.78 is 10.7. The van der Waals surface area contributed by atoms with Crippen LogP contribution in [0.5, 0.6) is 5.75 Å². The van der Waals surface area contributed by atoms with Crippen molar-refractivity contribution >= 4 is 5.97 Å². The van der Waals surface area contributed by atoms with E-state index in [0.717, 1.165) is 11.1 Å². The molecule has 0 spiro atoms. The maximum absolute atomic E-state index is 12.2. The number of aliphatic hydroxyl groups excluding tert-OH is 1. The lowest BCUT2D eigenvalue weighted by Crippen LogP contribution is -2.39. The molecule has 0 saturated heterocycles. The van der Waals surface area contributed by atoms with Gasteiger partial charge in [-0.1, -0.05) is 49.4 Å². The summed E-state index contributed by atoms with van der Waals surface area (Å²) in [6.45, 7) is 2.35. The second kappa shape index (κ2) is 9.81. The fourth-order valence-electron chi connectivity index (χ4n) is 2.48. The van der Waals surface area contributed by atoms with Crippen LogP contribution in [0.4, 0.5) is 0 Å². The average molecular weight is 343 g/mol. The molecule has 0 aliphatic rings. The first kappa shape index (κ1) is 19.0. The first-order valence-corrected chi connectivity index (χ1v) is 8.39. The molecule has 0 aliphatic heterocycles. The second-order valence-corrected chi connectivity index (χ2v) is 5.76. The van der Waals surface area contributed by atoms with Crippen molar-refractivity contribution in [1.82, 2.24) is 5.32 Å². The molecule has 0 aromatic heterocycles. The van der Waals surface area contributed by atoms with Gasteiger partial charge in [-0.3, -0.25) is 5.32 Å². The SMILES string of the molecule is CCC(CO)NC(C(=O)OC)c1cccc(OCc2ccccc2)c1. The van der Waals surface area contributed by atoms with E-state index in [0.29, 0.717) is 18.8 Å². The molecule has 2 aromatic rings. The van der Waals surface area contributed by atoms with E-state index in [1.54, 1.807) is 0 Å². The van der Waals surface area contributed by atoms with Crippen LogP contribution < -0.4 is 10.1 Å². The average Bonchev–Trinajstić information content (AvgIpc) is 2.68. The first-order chi connectivity index (χ1) is 12.2. The minimum Gasteiger partial charge on any atom is -0.489 e. The Balaban J connectivity index is 2.13. The quantitative estimate of drug-likeness (QED) is 0.685. The summed E-state index contributed by atoms with van der Waals surface area (Å²) in [5.41, 5.74) is 1.81. The number of hydrogen-bond donors (Lipinski definition) is 2. The van der Waals surface area contributed by atoms with E-state index in [1.165, 1.54) is 7.11 Å². The molecule has 5 heteroatoms. The molecular formula is C20H25NO4. The number of hydrogen-bond acceptors (Lipinski definition) is 5. The molecule has 25 heavy (non-hydrogen) atoms. The summed E-state index contributed by atoms with van der Waals surface area (Å²) >= 11 is 0. The number of ether oxygens (including phenoxy) is 2. The largest absolute Gasteiger partial charge is 0.489 e. The molecule has 2 rings (SSSR count). The molecule has 0 amide bonds. The standard InChI is InChI=1S/C20H25NO4/c1-3-17(13-22)21-19(20(23)24-2)16-10-7-11-18(12-16)25-14-15-8-5-4-6-9-15/h4-12,17,19,21-22H,3,13-14H2,1-2H3. The normalized spacial score (nSPS) is 13.1. The summed E-state index contributed by atoms with van der Waals surface area (Å²) in [4.78, 5) is 12.2. The lowest BCUT2D eigenvalue weighted by Gasteiger charge is -2.22. The third-order valence-corrected chi connectivity index (χ3v) is 3.99. The predicted octanol–water partition coefficient (Wildman–Crippen LogP) is 2.84. The third kappa shape index (κ3) is 5.59. The van der Waals surface area contributed by atoms with Crippen molar-refractivity contribution < 1.29 is 19.4 Å². The van der Waals surface area contributed by atoms with E-state index in [4.69, 9.17) is 9.47 Å². The number of rotatable bonds is 9. The molecule has 2 unspecified atom stereocenters. The maximum Gasteiger partial charge on any atom is 0.327 e. The van der Waals surface area contributed by atoms with E-state index >= 15 is 0 Å². The fraction of sp³-hybridized carbons (Fsp3) is 0.350. The van der Waals surface area contributed by atoms with Gasteiger partial charge in [-0.05, 0) is 29.7 Å². The van der Waals surface area contributed by atoms with Crippen molar-refractivity contribution in [2.45, 2.75) is 32.0 Å². The molecule has 2 aromatic carbocycles. The van der Waals surface area contributed by atoms with Gasteiger partial charge in [0.25, 0.3) is 0 Å². The third-order valence-electron chi connectivity index (χ3n) is 3.99. The van der Waals surface area contributed by atoms with Crippen LogP contribution in [0.1, 0.15) is 30.5 Å². The number of methoxy groups -OCH3 is 1. The molecule has 0 radical (unpaired) electrons. The van der Waals surface area contributed by atoms with E-state index in [9.17, 15) is 9.90 Å². The van der Waals surface area contributed by atoms with Crippen LogP contribution in [0.2, 0.25) is 0 Å². The molecule has 0 saturated carbocycles. The smallest absolute Gasteiger partial charge is 0.327 e. The number of carbonyl (C=O) groups is 1. The Hall–Kier alpha value is -2.37. The maximum atomic E-state index is 12.2. The molecular weight excluding hydrogens is 318 g/mol. The molecule has 2 N–H and O–H groups in total. The van der Waals surface area contributed by atoms with E-state index in [-0.39, 0.29) is 12.6 Å². The van der Waals surface area contributed by atoms with Crippen LogP contribution in [-0.2, 0) is 16.1 Å². The topological polar surface area (TPSA) is 67.8 Å². The van der Waals surface area contributed by atoms with Crippen LogP contribution in [0.15, 0.2) is 54.6 Å². The van der Waals surface area contributed by atoms with Gasteiger partial charge in [-0.25, -0.2) is 4.79 Å². The highest BCUT2D eigenvalue weighted by Crippen LogP contribution is 2.22. The Morgan fingerprint density at radius 2 is 1.92 bits per heavy atom. The lowest BCUT2D eigenvalue weighted by atomic mass is 10.0. The number of aliphatic hydroxyl groups is 1. The predicted molar refractivity (Wildman–Crippen MR) is 96.3 cm³/mol. The molecule has 134 valence electrons. The highest BCUT2D eigenvalue weighted by atomic mass is 16.5.